The van der Waals surface area contributed by atoms with Crippen molar-refractivity contribution in [3.63, 3.8) is 0 Å². The number of esters is 1. The van der Waals surface area contributed by atoms with Gasteiger partial charge in [0.25, 0.3) is 0 Å². The van der Waals surface area contributed by atoms with Crippen LogP contribution in [0.2, 0.25) is 0 Å². The van der Waals surface area contributed by atoms with Crippen molar-refractivity contribution in [2.75, 3.05) is 11.9 Å². The number of hydrogen-bond acceptors (Lipinski definition) is 5. The number of hydrogen-bond donors (Lipinski definition) is 1. The van der Waals surface area contributed by atoms with Crippen molar-refractivity contribution < 1.29 is 14.3 Å². The van der Waals surface area contributed by atoms with E-state index in [1.165, 1.54) is 11.3 Å². The van der Waals surface area contributed by atoms with Gasteiger partial charge >= 0.3 is 5.97 Å². The quantitative estimate of drug-likeness (QED) is 0.805. The zero-order valence-electron chi connectivity index (χ0n) is 10.9. The molecule has 1 atom stereocenters. The lowest BCUT2D eigenvalue weighted by atomic mass is 10.1. The Morgan fingerprint density at radius 1 is 1.50 bits per heavy atom. The molecule has 0 aromatic carbocycles. The molecule has 0 bridgehead atoms. The van der Waals surface area contributed by atoms with E-state index < -0.39 is 0 Å². The monoisotopic (exact) mass is 270 g/mol. The van der Waals surface area contributed by atoms with E-state index in [-0.39, 0.29) is 24.2 Å². The lowest BCUT2D eigenvalue weighted by Crippen LogP contribution is -2.19. The lowest BCUT2D eigenvalue weighted by molar-refractivity contribution is -0.142. The standard InChI is InChI=1S/C12H18N2O3S/c1-4-8(3)11(16)14-12-13-9(7-18-12)6-10(15)17-5-2/h7-8H,4-6H2,1-3H3,(H,13,14,16)/t8-/m0/s1. The van der Waals surface area contributed by atoms with Gasteiger partial charge in [0.1, 0.15) is 0 Å². The van der Waals surface area contributed by atoms with Crippen LogP contribution in [0.25, 0.3) is 0 Å². The van der Waals surface area contributed by atoms with Gasteiger partial charge in [-0.1, -0.05) is 13.8 Å². The van der Waals surface area contributed by atoms with E-state index in [9.17, 15) is 9.59 Å². The lowest BCUT2D eigenvalue weighted by Gasteiger charge is -2.06. The molecule has 5 nitrogen and oxygen atoms in total. The molecule has 1 aromatic rings. The largest absolute Gasteiger partial charge is 0.466 e. The van der Waals surface area contributed by atoms with Crippen LogP contribution in [-0.2, 0) is 20.7 Å². The molecule has 1 amide bonds. The van der Waals surface area contributed by atoms with E-state index >= 15 is 0 Å². The number of thiazole rings is 1. The van der Waals surface area contributed by atoms with Crippen molar-refractivity contribution in [1.29, 1.82) is 0 Å². The third-order valence-corrected chi connectivity index (χ3v) is 3.28. The fraction of sp³-hybridized carbons (Fsp3) is 0.583. The van der Waals surface area contributed by atoms with Crippen LogP contribution in [0.3, 0.4) is 0 Å². The van der Waals surface area contributed by atoms with Crippen LogP contribution in [0.5, 0.6) is 0 Å². The summed E-state index contributed by atoms with van der Waals surface area (Å²) in [5, 5.41) is 5.02. The highest BCUT2D eigenvalue weighted by molar-refractivity contribution is 7.13. The average Bonchev–Trinajstić information content (AvgIpc) is 2.75. The third kappa shape index (κ3) is 4.44. The van der Waals surface area contributed by atoms with Crippen LogP contribution in [0.4, 0.5) is 5.13 Å². The number of aromatic nitrogens is 1. The predicted molar refractivity (Wildman–Crippen MR) is 70.5 cm³/mol. The van der Waals surface area contributed by atoms with Gasteiger partial charge in [-0.05, 0) is 13.3 Å². The molecule has 6 heteroatoms. The molecule has 0 aliphatic rings. The van der Waals surface area contributed by atoms with Gasteiger partial charge in [-0.2, -0.15) is 0 Å². The predicted octanol–water partition coefficient (Wildman–Crippen LogP) is 2.23. The molecule has 0 fully saturated rings. The van der Waals surface area contributed by atoms with E-state index in [0.717, 1.165) is 6.42 Å². The van der Waals surface area contributed by atoms with Gasteiger partial charge in [-0.15, -0.1) is 11.3 Å². The fourth-order valence-corrected chi connectivity index (χ4v) is 1.93. The molecule has 0 saturated heterocycles. The summed E-state index contributed by atoms with van der Waals surface area (Å²) in [4.78, 5) is 27.1. The molecule has 18 heavy (non-hydrogen) atoms. The number of anilines is 1. The van der Waals surface area contributed by atoms with E-state index in [1.807, 2.05) is 13.8 Å². The highest BCUT2D eigenvalue weighted by Crippen LogP contribution is 2.17. The van der Waals surface area contributed by atoms with Crippen molar-refractivity contribution in [2.45, 2.75) is 33.6 Å². The molecule has 0 radical (unpaired) electrons. The minimum atomic E-state index is -0.303. The minimum Gasteiger partial charge on any atom is -0.466 e. The van der Waals surface area contributed by atoms with Crippen LogP contribution in [0.15, 0.2) is 5.38 Å². The molecule has 0 spiro atoms. The number of ether oxygens (including phenoxy) is 1. The summed E-state index contributed by atoms with van der Waals surface area (Å²) in [5.74, 6) is -0.389. The maximum atomic E-state index is 11.6. The Kier molecular flexibility index (Phi) is 5.77. The first-order valence-corrected chi connectivity index (χ1v) is 6.85. The summed E-state index contributed by atoms with van der Waals surface area (Å²) in [6.45, 7) is 5.94. The molecular formula is C12H18N2O3S. The van der Waals surface area contributed by atoms with Crippen LogP contribution < -0.4 is 5.32 Å². The van der Waals surface area contributed by atoms with Gasteiger partial charge in [-0.3, -0.25) is 9.59 Å². The Morgan fingerprint density at radius 2 is 2.22 bits per heavy atom. The van der Waals surface area contributed by atoms with E-state index in [0.29, 0.717) is 17.4 Å². The van der Waals surface area contributed by atoms with Gasteiger partial charge in [0.15, 0.2) is 5.13 Å². The Hall–Kier alpha value is -1.43. The summed E-state index contributed by atoms with van der Waals surface area (Å²) in [7, 11) is 0. The number of amides is 1. The average molecular weight is 270 g/mol. The van der Waals surface area contributed by atoms with Crippen LogP contribution in [0, 0.1) is 5.92 Å². The second-order valence-electron chi connectivity index (χ2n) is 3.92. The number of carbonyl (C=O) groups excluding carboxylic acids is 2. The van der Waals surface area contributed by atoms with E-state index in [1.54, 1.807) is 12.3 Å². The Labute approximate surface area is 111 Å². The van der Waals surface area contributed by atoms with Gasteiger partial charge in [0.05, 0.1) is 18.7 Å². The molecule has 1 rings (SSSR count). The summed E-state index contributed by atoms with van der Waals surface area (Å²) in [5.41, 5.74) is 0.623. The number of nitrogens with zero attached hydrogens (tertiary/aromatic N) is 1. The van der Waals surface area contributed by atoms with E-state index in [4.69, 9.17) is 4.74 Å². The SMILES string of the molecule is CCOC(=O)Cc1csc(NC(=O)[C@@H](C)CC)n1. The fourth-order valence-electron chi connectivity index (χ4n) is 1.22. The first-order valence-electron chi connectivity index (χ1n) is 5.97. The first-order chi connectivity index (χ1) is 8.56. The van der Waals surface area contributed by atoms with Crippen LogP contribution in [-0.4, -0.2) is 23.5 Å². The second kappa shape index (κ2) is 7.10. The maximum absolute atomic E-state index is 11.6. The molecule has 0 aliphatic carbocycles. The van der Waals surface area contributed by atoms with Crippen molar-refractivity contribution in [3.8, 4) is 0 Å². The van der Waals surface area contributed by atoms with Crippen molar-refractivity contribution in [3.05, 3.63) is 11.1 Å². The molecule has 1 heterocycles. The molecule has 1 N–H and O–H groups in total. The molecular weight excluding hydrogens is 252 g/mol. The van der Waals surface area contributed by atoms with Gasteiger partial charge in [0, 0.05) is 11.3 Å². The zero-order valence-corrected chi connectivity index (χ0v) is 11.7. The van der Waals surface area contributed by atoms with Gasteiger partial charge in [0.2, 0.25) is 5.91 Å². The zero-order chi connectivity index (χ0) is 13.5. The van der Waals surface area contributed by atoms with Gasteiger partial charge < -0.3 is 10.1 Å². The molecule has 0 aliphatic heterocycles. The van der Waals surface area contributed by atoms with Crippen LogP contribution in [0.1, 0.15) is 32.9 Å². The van der Waals surface area contributed by atoms with Crippen LogP contribution >= 0.6 is 11.3 Å². The number of carbonyl (C=O) groups is 2. The third-order valence-electron chi connectivity index (χ3n) is 2.47. The summed E-state index contributed by atoms with van der Waals surface area (Å²) < 4.78 is 4.83. The van der Waals surface area contributed by atoms with Gasteiger partial charge in [-0.25, -0.2) is 4.98 Å². The molecule has 1 aromatic heterocycles. The normalized spacial score (nSPS) is 11.9. The summed E-state index contributed by atoms with van der Waals surface area (Å²) in [6, 6.07) is 0. The Morgan fingerprint density at radius 3 is 2.83 bits per heavy atom. The Bertz CT molecular complexity index is 417. The molecule has 100 valence electrons. The number of rotatable bonds is 6. The molecule has 0 unspecified atom stereocenters. The van der Waals surface area contributed by atoms with Crippen molar-refractivity contribution in [1.82, 2.24) is 4.98 Å². The highest BCUT2D eigenvalue weighted by Gasteiger charge is 2.13. The van der Waals surface area contributed by atoms with Crippen molar-refractivity contribution in [2.24, 2.45) is 5.92 Å². The first kappa shape index (κ1) is 14.6. The second-order valence-corrected chi connectivity index (χ2v) is 4.78. The minimum absolute atomic E-state index is 0.0394. The summed E-state index contributed by atoms with van der Waals surface area (Å²) in [6.07, 6.45) is 0.927. The molecule has 0 saturated carbocycles. The Balaban J connectivity index is 2.53. The summed E-state index contributed by atoms with van der Waals surface area (Å²) >= 11 is 1.32. The smallest absolute Gasteiger partial charge is 0.311 e. The maximum Gasteiger partial charge on any atom is 0.311 e. The van der Waals surface area contributed by atoms with E-state index in [2.05, 4.69) is 10.3 Å². The topological polar surface area (TPSA) is 68.3 Å². The van der Waals surface area contributed by atoms with Crippen molar-refractivity contribution >= 4 is 28.3 Å². The number of nitrogens with one attached hydrogen (secondary N) is 1. The highest BCUT2D eigenvalue weighted by atomic mass is 32.1.